The van der Waals surface area contributed by atoms with Crippen molar-refractivity contribution in [3.63, 3.8) is 0 Å². The molecule has 1 amide bonds. The normalized spacial score (nSPS) is 10.4. The molecule has 0 spiro atoms. The minimum Gasteiger partial charge on any atom is -0.463 e. The van der Waals surface area contributed by atoms with Gasteiger partial charge in [-0.15, -0.1) is 0 Å². The van der Waals surface area contributed by atoms with Gasteiger partial charge in [-0.25, -0.2) is 4.79 Å². The van der Waals surface area contributed by atoms with Crippen molar-refractivity contribution in [1.29, 1.82) is 0 Å². The molecule has 106 valence electrons. The van der Waals surface area contributed by atoms with E-state index in [2.05, 4.69) is 22.2 Å². The van der Waals surface area contributed by atoms with Crippen LogP contribution in [-0.2, 0) is 0 Å². The molecule has 0 atom stereocenters. The van der Waals surface area contributed by atoms with Gasteiger partial charge in [0.05, 0.1) is 12.0 Å². The Kier molecular flexibility index (Phi) is 4.70. The van der Waals surface area contributed by atoms with Gasteiger partial charge in [-0.1, -0.05) is 19.8 Å². The van der Waals surface area contributed by atoms with E-state index in [1.165, 1.54) is 12.3 Å². The lowest BCUT2D eigenvalue weighted by molar-refractivity contribution is 0.0947. The van der Waals surface area contributed by atoms with Gasteiger partial charge in [-0.3, -0.25) is 4.79 Å². The van der Waals surface area contributed by atoms with Crippen molar-refractivity contribution in [2.45, 2.75) is 26.2 Å². The van der Waals surface area contributed by atoms with E-state index < -0.39 is 5.69 Å². The van der Waals surface area contributed by atoms with Crippen molar-refractivity contribution in [2.75, 3.05) is 6.54 Å². The lowest BCUT2D eigenvalue weighted by Crippen LogP contribution is -2.28. The minimum absolute atomic E-state index is 0.0941. The number of nitrogens with zero attached hydrogens (tertiary/aromatic N) is 1. The number of furan rings is 1. The highest BCUT2D eigenvalue weighted by Gasteiger charge is 2.11. The Morgan fingerprint density at radius 2 is 2.30 bits per heavy atom. The average Bonchev–Trinajstić information content (AvgIpc) is 2.97. The maximum Gasteiger partial charge on any atom is 0.346 e. The molecule has 2 rings (SSSR count). The zero-order valence-corrected chi connectivity index (χ0v) is 11.3. The first-order valence-corrected chi connectivity index (χ1v) is 6.64. The van der Waals surface area contributed by atoms with Crippen LogP contribution >= 0.6 is 0 Å². The van der Waals surface area contributed by atoms with Crippen LogP contribution in [0.4, 0.5) is 0 Å². The van der Waals surface area contributed by atoms with Crippen LogP contribution < -0.4 is 11.0 Å². The number of aromatic amines is 1. The highest BCUT2D eigenvalue weighted by atomic mass is 16.3. The summed E-state index contributed by atoms with van der Waals surface area (Å²) in [5.74, 6) is 0.143. The van der Waals surface area contributed by atoms with Crippen molar-refractivity contribution in [1.82, 2.24) is 15.3 Å². The van der Waals surface area contributed by atoms with Gasteiger partial charge < -0.3 is 14.7 Å². The van der Waals surface area contributed by atoms with Crippen molar-refractivity contribution in [3.05, 3.63) is 40.6 Å². The van der Waals surface area contributed by atoms with E-state index in [1.54, 1.807) is 12.1 Å². The molecule has 0 unspecified atom stereocenters. The summed E-state index contributed by atoms with van der Waals surface area (Å²) in [5.41, 5.74) is -0.0389. The van der Waals surface area contributed by atoms with Crippen LogP contribution in [0.15, 0.2) is 33.7 Å². The molecule has 2 aromatic rings. The molecule has 0 aliphatic carbocycles. The number of carbonyl (C=O) groups is 1. The molecule has 2 aromatic heterocycles. The number of nitrogens with one attached hydrogen (secondary N) is 2. The van der Waals surface area contributed by atoms with Gasteiger partial charge in [-0.05, 0) is 24.6 Å². The number of amides is 1. The first kappa shape index (κ1) is 14.0. The number of aromatic nitrogens is 2. The molecule has 0 saturated carbocycles. The van der Waals surface area contributed by atoms with Crippen molar-refractivity contribution >= 4 is 5.91 Å². The Morgan fingerprint density at radius 1 is 1.45 bits per heavy atom. The second-order valence-electron chi connectivity index (χ2n) is 4.43. The Balaban J connectivity index is 2.12. The third-order valence-electron chi connectivity index (χ3n) is 2.83. The van der Waals surface area contributed by atoms with E-state index >= 15 is 0 Å². The maximum absolute atomic E-state index is 11.9. The van der Waals surface area contributed by atoms with Crippen LogP contribution in [0.5, 0.6) is 0 Å². The van der Waals surface area contributed by atoms with Gasteiger partial charge >= 0.3 is 5.69 Å². The monoisotopic (exact) mass is 275 g/mol. The lowest BCUT2D eigenvalue weighted by Gasteiger charge is -2.04. The lowest BCUT2D eigenvalue weighted by atomic mass is 10.2. The Morgan fingerprint density at radius 3 is 3.00 bits per heavy atom. The highest BCUT2D eigenvalue weighted by Crippen LogP contribution is 2.16. The molecule has 0 bridgehead atoms. The molecule has 0 aliphatic heterocycles. The van der Waals surface area contributed by atoms with Gasteiger partial charge in [0.1, 0.15) is 11.5 Å². The quantitative estimate of drug-likeness (QED) is 0.789. The van der Waals surface area contributed by atoms with E-state index in [0.29, 0.717) is 18.0 Å². The van der Waals surface area contributed by atoms with E-state index in [1.807, 2.05) is 0 Å². The molecule has 0 fully saturated rings. The fourth-order valence-corrected chi connectivity index (χ4v) is 1.81. The first-order valence-electron chi connectivity index (χ1n) is 6.64. The van der Waals surface area contributed by atoms with Crippen LogP contribution in [0.2, 0.25) is 0 Å². The summed E-state index contributed by atoms with van der Waals surface area (Å²) < 4.78 is 5.19. The Labute approximate surface area is 116 Å². The maximum atomic E-state index is 11.9. The second-order valence-corrected chi connectivity index (χ2v) is 4.43. The average molecular weight is 275 g/mol. The van der Waals surface area contributed by atoms with Gasteiger partial charge in [0.2, 0.25) is 0 Å². The molecule has 20 heavy (non-hydrogen) atoms. The highest BCUT2D eigenvalue weighted by molar-refractivity contribution is 5.92. The molecule has 0 aromatic carbocycles. The van der Waals surface area contributed by atoms with E-state index in [-0.39, 0.29) is 11.6 Å². The first-order chi connectivity index (χ1) is 9.70. The second kappa shape index (κ2) is 6.70. The van der Waals surface area contributed by atoms with Crippen LogP contribution in [0.1, 0.15) is 36.7 Å². The summed E-state index contributed by atoms with van der Waals surface area (Å²) in [5, 5.41) is 2.75. The molecule has 2 heterocycles. The van der Waals surface area contributed by atoms with Crippen molar-refractivity contribution in [3.8, 4) is 11.5 Å². The predicted molar refractivity (Wildman–Crippen MR) is 74.4 cm³/mol. The summed E-state index contributed by atoms with van der Waals surface area (Å²) in [6, 6.07) is 4.92. The van der Waals surface area contributed by atoms with Gasteiger partial charge in [0.15, 0.2) is 0 Å². The zero-order valence-electron chi connectivity index (χ0n) is 11.3. The summed E-state index contributed by atoms with van der Waals surface area (Å²) in [6.45, 7) is 2.67. The smallest absolute Gasteiger partial charge is 0.346 e. The van der Waals surface area contributed by atoms with E-state index in [0.717, 1.165) is 19.3 Å². The van der Waals surface area contributed by atoms with Gasteiger partial charge in [-0.2, -0.15) is 4.98 Å². The summed E-state index contributed by atoms with van der Waals surface area (Å²) in [7, 11) is 0. The standard InChI is InChI=1S/C14H17N3O3/c1-2-3-4-7-15-13(18)11-9-10(16-14(19)17-11)12-6-5-8-20-12/h5-6,8-9H,2-4,7H2,1H3,(H,15,18)(H,16,17,19). The largest absolute Gasteiger partial charge is 0.463 e. The van der Waals surface area contributed by atoms with Crippen LogP contribution in [0, 0.1) is 0 Å². The molecule has 0 saturated heterocycles. The number of hydrogen-bond acceptors (Lipinski definition) is 4. The van der Waals surface area contributed by atoms with Crippen molar-refractivity contribution < 1.29 is 9.21 Å². The molecule has 0 aliphatic rings. The van der Waals surface area contributed by atoms with Gasteiger partial charge in [0, 0.05) is 6.54 Å². The summed E-state index contributed by atoms with van der Waals surface area (Å²) >= 11 is 0. The molecule has 0 radical (unpaired) electrons. The van der Waals surface area contributed by atoms with E-state index in [4.69, 9.17) is 4.42 Å². The number of unbranched alkanes of at least 4 members (excludes halogenated alkanes) is 2. The molecule has 6 heteroatoms. The summed E-state index contributed by atoms with van der Waals surface area (Å²) in [4.78, 5) is 29.6. The van der Waals surface area contributed by atoms with Crippen LogP contribution in [0.25, 0.3) is 11.5 Å². The van der Waals surface area contributed by atoms with Crippen molar-refractivity contribution in [2.24, 2.45) is 0 Å². The molecule has 2 N–H and O–H groups in total. The number of H-pyrrole nitrogens is 1. The Hall–Kier alpha value is -2.37. The fourth-order valence-electron chi connectivity index (χ4n) is 1.81. The van der Waals surface area contributed by atoms with E-state index in [9.17, 15) is 9.59 Å². The van der Waals surface area contributed by atoms with Gasteiger partial charge in [0.25, 0.3) is 5.91 Å². The summed E-state index contributed by atoms with van der Waals surface area (Å²) in [6.07, 6.45) is 4.55. The zero-order chi connectivity index (χ0) is 14.4. The minimum atomic E-state index is -0.572. The van der Waals surface area contributed by atoms with Crippen LogP contribution in [0.3, 0.4) is 0 Å². The Bertz CT molecular complexity index is 617. The third kappa shape index (κ3) is 3.57. The number of carbonyl (C=O) groups excluding carboxylic acids is 1. The molecular formula is C14H17N3O3. The third-order valence-corrected chi connectivity index (χ3v) is 2.83. The van der Waals surface area contributed by atoms with Crippen LogP contribution in [-0.4, -0.2) is 22.4 Å². The fraction of sp³-hybridized carbons (Fsp3) is 0.357. The predicted octanol–water partition coefficient (Wildman–Crippen LogP) is 1.95. The topological polar surface area (TPSA) is 88.0 Å². The molecule has 6 nitrogen and oxygen atoms in total. The molecular weight excluding hydrogens is 258 g/mol. The number of rotatable bonds is 6. The number of hydrogen-bond donors (Lipinski definition) is 2. The SMILES string of the molecule is CCCCCNC(=O)c1cc(-c2ccco2)[nH]c(=O)n1.